The van der Waals surface area contributed by atoms with Crippen LogP contribution in [0.1, 0.15) is 17.4 Å². The number of amides is 1. The van der Waals surface area contributed by atoms with Crippen LogP contribution in [0, 0.1) is 0 Å². The number of ether oxygens (including phenoxy) is 1. The van der Waals surface area contributed by atoms with Crippen molar-refractivity contribution in [3.8, 4) is 5.75 Å². The lowest BCUT2D eigenvalue weighted by Gasteiger charge is -2.22. The summed E-state index contributed by atoms with van der Waals surface area (Å²) in [5, 5.41) is 8.19. The van der Waals surface area contributed by atoms with Crippen LogP contribution in [0.2, 0.25) is 0 Å². The molecule has 0 aliphatic carbocycles. The van der Waals surface area contributed by atoms with Gasteiger partial charge in [-0.2, -0.15) is 0 Å². The molecule has 0 radical (unpaired) electrons. The van der Waals surface area contributed by atoms with E-state index in [1.165, 1.54) is 4.88 Å². The van der Waals surface area contributed by atoms with E-state index in [4.69, 9.17) is 4.74 Å². The molecule has 6 nitrogen and oxygen atoms in total. The summed E-state index contributed by atoms with van der Waals surface area (Å²) in [6, 6.07) is 12.0. The van der Waals surface area contributed by atoms with Crippen molar-refractivity contribution in [3.05, 3.63) is 52.2 Å². The first-order valence-electron chi connectivity index (χ1n) is 9.05. The van der Waals surface area contributed by atoms with Crippen LogP contribution in [0.25, 0.3) is 0 Å². The fraction of sp³-hybridized carbons (Fsp3) is 0.400. The minimum atomic E-state index is -0.117. The van der Waals surface area contributed by atoms with E-state index in [0.717, 1.165) is 24.5 Å². The third-order valence-electron chi connectivity index (χ3n) is 3.94. The first-order chi connectivity index (χ1) is 13.1. The number of carbonyl (C=O) groups excluding carboxylic acids is 1. The van der Waals surface area contributed by atoms with E-state index in [-0.39, 0.29) is 36.5 Å². The number of nitrogens with zero attached hydrogens (tertiary/aromatic N) is 2. The highest BCUT2D eigenvalue weighted by Gasteiger charge is 2.07. The highest BCUT2D eigenvalue weighted by atomic mass is 127. The number of hydrogen-bond acceptors (Lipinski definition) is 4. The Hall–Kier alpha value is -1.81. The van der Waals surface area contributed by atoms with E-state index in [0.29, 0.717) is 18.8 Å². The Balaban J connectivity index is 0.00000392. The van der Waals surface area contributed by atoms with E-state index in [1.54, 1.807) is 18.4 Å². The molecular formula is C20H29IN4O2S. The maximum Gasteiger partial charge on any atom is 0.257 e. The Morgan fingerprint density at radius 2 is 2.07 bits per heavy atom. The number of hydrogen-bond donors (Lipinski definition) is 2. The lowest BCUT2D eigenvalue weighted by molar-refractivity contribution is -0.122. The molecule has 1 aromatic heterocycles. The van der Waals surface area contributed by atoms with Crippen molar-refractivity contribution in [1.82, 2.24) is 15.5 Å². The van der Waals surface area contributed by atoms with Crippen LogP contribution in [0.4, 0.5) is 0 Å². The van der Waals surface area contributed by atoms with Crippen LogP contribution in [0.3, 0.4) is 0 Å². The molecule has 0 unspecified atom stereocenters. The van der Waals surface area contributed by atoms with E-state index >= 15 is 0 Å². The molecule has 2 N–H and O–H groups in total. The van der Waals surface area contributed by atoms with Crippen molar-refractivity contribution in [2.45, 2.75) is 19.9 Å². The molecular weight excluding hydrogens is 487 g/mol. The molecule has 0 aliphatic rings. The number of nitrogens with one attached hydrogen (secondary N) is 2. The number of aliphatic imine (C=N–C) groups is 1. The molecule has 1 heterocycles. The van der Waals surface area contributed by atoms with Gasteiger partial charge in [0.25, 0.3) is 5.91 Å². The predicted octanol–water partition coefficient (Wildman–Crippen LogP) is 3.13. The Bertz CT molecular complexity index is 738. The van der Waals surface area contributed by atoms with Gasteiger partial charge in [-0.1, -0.05) is 18.2 Å². The van der Waals surface area contributed by atoms with Gasteiger partial charge in [-0.25, -0.2) is 0 Å². The number of rotatable bonds is 9. The molecule has 2 aromatic rings. The molecule has 0 saturated carbocycles. The Labute approximate surface area is 188 Å². The maximum absolute atomic E-state index is 11.5. The molecule has 2 rings (SSSR count). The lowest BCUT2D eigenvalue weighted by atomic mass is 10.2. The highest BCUT2D eigenvalue weighted by molar-refractivity contribution is 14.0. The van der Waals surface area contributed by atoms with Crippen LogP contribution in [-0.2, 0) is 17.8 Å². The van der Waals surface area contributed by atoms with Crippen molar-refractivity contribution < 1.29 is 9.53 Å². The first kappa shape index (κ1) is 24.2. The van der Waals surface area contributed by atoms with Gasteiger partial charge < -0.3 is 20.3 Å². The molecule has 0 atom stereocenters. The lowest BCUT2D eigenvalue weighted by Crippen LogP contribution is -2.39. The molecule has 0 spiro atoms. The van der Waals surface area contributed by atoms with Gasteiger partial charge in [-0.05, 0) is 42.5 Å². The van der Waals surface area contributed by atoms with Crippen molar-refractivity contribution in [3.63, 3.8) is 0 Å². The van der Waals surface area contributed by atoms with E-state index < -0.39 is 0 Å². The summed E-state index contributed by atoms with van der Waals surface area (Å²) in [6.07, 6.45) is 0.998. The van der Waals surface area contributed by atoms with Gasteiger partial charge in [0.05, 0.1) is 0 Å². The summed E-state index contributed by atoms with van der Waals surface area (Å²) in [6.45, 7) is 4.04. The number of halogens is 1. The van der Waals surface area contributed by atoms with Gasteiger partial charge in [0.1, 0.15) is 5.75 Å². The smallest absolute Gasteiger partial charge is 0.257 e. The van der Waals surface area contributed by atoms with Crippen molar-refractivity contribution >= 4 is 47.2 Å². The molecule has 28 heavy (non-hydrogen) atoms. The Morgan fingerprint density at radius 1 is 1.25 bits per heavy atom. The van der Waals surface area contributed by atoms with Crippen LogP contribution in [0.5, 0.6) is 5.75 Å². The summed E-state index contributed by atoms with van der Waals surface area (Å²) in [7, 11) is 3.82. The molecule has 0 aliphatic heterocycles. The summed E-state index contributed by atoms with van der Waals surface area (Å²) < 4.78 is 5.54. The number of carbonyl (C=O) groups is 1. The zero-order chi connectivity index (χ0) is 19.5. The van der Waals surface area contributed by atoms with Crippen LogP contribution >= 0.6 is 35.3 Å². The highest BCUT2D eigenvalue weighted by Crippen LogP contribution is 2.13. The Kier molecular flexibility index (Phi) is 11.6. The Morgan fingerprint density at radius 3 is 2.75 bits per heavy atom. The van der Waals surface area contributed by atoms with Crippen LogP contribution < -0.4 is 15.4 Å². The summed E-state index contributed by atoms with van der Waals surface area (Å²) in [5.74, 6) is 1.41. The van der Waals surface area contributed by atoms with Crippen LogP contribution in [0.15, 0.2) is 46.8 Å². The third kappa shape index (κ3) is 8.47. The normalized spacial score (nSPS) is 10.8. The fourth-order valence-electron chi connectivity index (χ4n) is 2.55. The van der Waals surface area contributed by atoms with Gasteiger partial charge >= 0.3 is 0 Å². The summed E-state index contributed by atoms with van der Waals surface area (Å²) in [4.78, 5) is 19.4. The number of likely N-dealkylation sites (N-methyl/N-ethyl adjacent to an activating group) is 2. The maximum atomic E-state index is 11.5. The largest absolute Gasteiger partial charge is 0.484 e. The topological polar surface area (TPSA) is 66.0 Å². The minimum Gasteiger partial charge on any atom is -0.484 e. The van der Waals surface area contributed by atoms with Crippen molar-refractivity contribution in [1.29, 1.82) is 0 Å². The quantitative estimate of drug-likeness (QED) is 0.306. The summed E-state index contributed by atoms with van der Waals surface area (Å²) in [5.41, 5.74) is 1.07. The van der Waals surface area contributed by atoms with E-state index in [1.807, 2.05) is 38.2 Å². The first-order valence-corrected chi connectivity index (χ1v) is 9.93. The molecule has 0 saturated heterocycles. The third-order valence-corrected chi connectivity index (χ3v) is 4.88. The predicted molar refractivity (Wildman–Crippen MR) is 127 cm³/mol. The average Bonchev–Trinajstić information content (AvgIpc) is 3.19. The number of guanidine groups is 1. The standard InChI is InChI=1S/C20H28N4O2S.HI/c1-4-22-19(25)15-26-17-8-5-7-16(13-17)14-23-20(21-2)24(3)11-10-18-9-6-12-27-18;/h5-9,12-13H,4,10-11,14-15H2,1-3H3,(H,21,23)(H,22,25);1H. The second-order valence-electron chi connectivity index (χ2n) is 6.04. The fourth-order valence-corrected chi connectivity index (χ4v) is 3.24. The molecule has 154 valence electrons. The average molecular weight is 516 g/mol. The minimum absolute atomic E-state index is 0. The van der Waals surface area contributed by atoms with E-state index in [2.05, 4.69) is 38.0 Å². The molecule has 1 amide bonds. The molecule has 1 aromatic carbocycles. The molecule has 0 bridgehead atoms. The zero-order valence-electron chi connectivity index (χ0n) is 16.6. The number of benzene rings is 1. The SMILES string of the molecule is CCNC(=O)COc1cccc(CNC(=NC)N(C)CCc2cccs2)c1.I. The van der Waals surface area contributed by atoms with Crippen LogP contribution in [-0.4, -0.2) is 50.6 Å². The van der Waals surface area contributed by atoms with E-state index in [9.17, 15) is 4.79 Å². The second kappa shape index (κ2) is 13.4. The molecule has 8 heteroatoms. The monoisotopic (exact) mass is 516 g/mol. The van der Waals surface area contributed by atoms with Gasteiger partial charge in [0, 0.05) is 38.6 Å². The van der Waals surface area contributed by atoms with Crippen molar-refractivity contribution in [2.75, 3.05) is 33.8 Å². The zero-order valence-corrected chi connectivity index (χ0v) is 19.8. The number of thiophene rings is 1. The van der Waals surface area contributed by atoms with Gasteiger partial charge in [-0.15, -0.1) is 35.3 Å². The second-order valence-corrected chi connectivity index (χ2v) is 7.07. The van der Waals surface area contributed by atoms with Gasteiger partial charge in [0.2, 0.25) is 0 Å². The van der Waals surface area contributed by atoms with Gasteiger partial charge in [0.15, 0.2) is 12.6 Å². The van der Waals surface area contributed by atoms with Gasteiger partial charge in [-0.3, -0.25) is 9.79 Å². The summed E-state index contributed by atoms with van der Waals surface area (Å²) >= 11 is 1.78. The van der Waals surface area contributed by atoms with Crippen molar-refractivity contribution in [2.24, 2.45) is 4.99 Å². The molecule has 0 fully saturated rings.